The van der Waals surface area contributed by atoms with E-state index in [2.05, 4.69) is 13.8 Å². The molecule has 0 heterocycles. The van der Waals surface area contributed by atoms with E-state index in [4.69, 9.17) is 9.84 Å². The maximum absolute atomic E-state index is 11.8. The first-order chi connectivity index (χ1) is 7.86. The normalized spacial score (nSPS) is 15.2. The molecule has 0 spiro atoms. The van der Waals surface area contributed by atoms with Gasteiger partial charge >= 0.3 is 5.97 Å². The minimum atomic E-state index is -1.36. The molecule has 17 heavy (non-hydrogen) atoms. The lowest BCUT2D eigenvalue weighted by molar-refractivity contribution is -0.137. The molecule has 0 amide bonds. The van der Waals surface area contributed by atoms with E-state index in [9.17, 15) is 9.00 Å². The summed E-state index contributed by atoms with van der Waals surface area (Å²) in [7, 11) is -1.36. The van der Waals surface area contributed by atoms with E-state index < -0.39 is 22.0 Å². The summed E-state index contributed by atoms with van der Waals surface area (Å²) in [6, 6.07) is 0. The molecule has 0 rings (SSSR count). The second-order valence-electron chi connectivity index (χ2n) is 4.88. The summed E-state index contributed by atoms with van der Waals surface area (Å²) in [5.41, 5.74) is 0. The van der Waals surface area contributed by atoms with E-state index >= 15 is 0 Å². The van der Waals surface area contributed by atoms with Crippen molar-refractivity contribution in [3.8, 4) is 0 Å². The monoisotopic (exact) mass is 264 g/mol. The van der Waals surface area contributed by atoms with Crippen LogP contribution in [0, 0.1) is 11.8 Å². The van der Waals surface area contributed by atoms with Crippen molar-refractivity contribution in [3.63, 3.8) is 0 Å². The van der Waals surface area contributed by atoms with Crippen molar-refractivity contribution in [2.45, 2.75) is 39.4 Å². The molecule has 0 fully saturated rings. The summed E-state index contributed by atoms with van der Waals surface area (Å²) in [6.07, 6.45) is 0.971. The lowest BCUT2D eigenvalue weighted by Gasteiger charge is -2.15. The van der Waals surface area contributed by atoms with E-state index in [1.807, 2.05) is 0 Å². The van der Waals surface area contributed by atoms with Gasteiger partial charge in [0.15, 0.2) is 0 Å². The zero-order valence-electron chi connectivity index (χ0n) is 11.1. The Bertz CT molecular complexity index is 251. The van der Waals surface area contributed by atoms with Crippen LogP contribution < -0.4 is 0 Å². The molecule has 0 aromatic rings. The van der Waals surface area contributed by atoms with Crippen molar-refractivity contribution in [1.82, 2.24) is 0 Å². The minimum Gasteiger partial charge on any atom is -0.480 e. The number of hydrogen-bond donors (Lipinski definition) is 1. The molecule has 0 aromatic heterocycles. The Morgan fingerprint density at radius 3 is 2.24 bits per heavy atom. The Morgan fingerprint density at radius 1 is 1.24 bits per heavy atom. The highest BCUT2D eigenvalue weighted by atomic mass is 32.2. The van der Waals surface area contributed by atoms with Gasteiger partial charge in [-0.15, -0.1) is 0 Å². The third kappa shape index (κ3) is 7.49. The summed E-state index contributed by atoms with van der Waals surface area (Å²) in [5, 5.41) is 8.17. The van der Waals surface area contributed by atoms with Crippen LogP contribution in [-0.4, -0.2) is 39.5 Å². The molecule has 0 saturated heterocycles. The molecular formula is C12H24O4S. The molecule has 2 unspecified atom stereocenters. The van der Waals surface area contributed by atoms with Crippen molar-refractivity contribution < 1.29 is 18.8 Å². The van der Waals surface area contributed by atoms with Crippen LogP contribution in [0.3, 0.4) is 0 Å². The second-order valence-corrected chi connectivity index (χ2v) is 6.56. The molecule has 0 aliphatic heterocycles. The number of carboxylic acids is 1. The number of rotatable bonds is 9. The molecule has 0 radical (unpaired) electrons. The molecule has 0 aliphatic carbocycles. The average molecular weight is 264 g/mol. The summed E-state index contributed by atoms with van der Waals surface area (Å²) in [6.45, 7) is 8.79. The highest BCUT2D eigenvalue weighted by Crippen LogP contribution is 2.10. The van der Waals surface area contributed by atoms with Gasteiger partial charge in [-0.05, 0) is 18.3 Å². The minimum absolute atomic E-state index is 0.121. The lowest BCUT2D eigenvalue weighted by atomic mass is 10.1. The van der Waals surface area contributed by atoms with Crippen LogP contribution in [0.5, 0.6) is 0 Å². The predicted octanol–water partition coefficient (Wildman–Crippen LogP) is 1.91. The topological polar surface area (TPSA) is 63.6 Å². The van der Waals surface area contributed by atoms with E-state index in [0.717, 1.165) is 6.42 Å². The first-order valence-electron chi connectivity index (χ1n) is 6.04. The third-order valence-corrected chi connectivity index (χ3v) is 4.28. The smallest absolute Gasteiger partial charge is 0.319 e. The van der Waals surface area contributed by atoms with Gasteiger partial charge in [-0.1, -0.05) is 27.7 Å². The highest BCUT2D eigenvalue weighted by molar-refractivity contribution is 7.86. The molecule has 102 valence electrons. The van der Waals surface area contributed by atoms with Crippen LogP contribution in [0.25, 0.3) is 0 Å². The SMILES string of the molecule is CC(C)CCOCCS(=O)C(C(=O)O)C(C)C. The molecule has 0 aliphatic rings. The van der Waals surface area contributed by atoms with E-state index in [1.165, 1.54) is 0 Å². The molecule has 0 aromatic carbocycles. The number of carboxylic acid groups (broad SMARTS) is 1. The van der Waals surface area contributed by atoms with Crippen LogP contribution in [0.2, 0.25) is 0 Å². The second kappa shape index (κ2) is 8.64. The van der Waals surface area contributed by atoms with Gasteiger partial charge in [0.25, 0.3) is 0 Å². The average Bonchev–Trinajstić information content (AvgIpc) is 2.15. The first kappa shape index (κ1) is 16.6. The summed E-state index contributed by atoms with van der Waals surface area (Å²) < 4.78 is 17.1. The van der Waals surface area contributed by atoms with Gasteiger partial charge in [0.1, 0.15) is 5.25 Å². The largest absolute Gasteiger partial charge is 0.480 e. The molecule has 2 atom stereocenters. The van der Waals surface area contributed by atoms with Gasteiger partial charge < -0.3 is 9.84 Å². The summed E-state index contributed by atoms with van der Waals surface area (Å²) >= 11 is 0. The predicted molar refractivity (Wildman–Crippen MR) is 69.5 cm³/mol. The molecule has 0 bridgehead atoms. The first-order valence-corrected chi connectivity index (χ1v) is 7.42. The maximum atomic E-state index is 11.8. The van der Waals surface area contributed by atoms with Crippen molar-refractivity contribution in [1.29, 1.82) is 0 Å². The summed E-state index contributed by atoms with van der Waals surface area (Å²) in [5.74, 6) is -0.222. The number of ether oxygens (including phenoxy) is 1. The zero-order valence-corrected chi connectivity index (χ0v) is 12.0. The zero-order chi connectivity index (χ0) is 13.4. The van der Waals surface area contributed by atoms with Crippen molar-refractivity contribution in [2.75, 3.05) is 19.0 Å². The Morgan fingerprint density at radius 2 is 1.82 bits per heavy atom. The fourth-order valence-corrected chi connectivity index (χ4v) is 2.76. The van der Waals surface area contributed by atoms with Gasteiger partial charge in [0.2, 0.25) is 0 Å². The maximum Gasteiger partial charge on any atom is 0.319 e. The quantitative estimate of drug-likeness (QED) is 0.646. The van der Waals surface area contributed by atoms with Gasteiger partial charge in [-0.3, -0.25) is 9.00 Å². The lowest BCUT2D eigenvalue weighted by Crippen LogP contribution is -2.33. The summed E-state index contributed by atoms with van der Waals surface area (Å²) in [4.78, 5) is 10.9. The van der Waals surface area contributed by atoms with Gasteiger partial charge in [0, 0.05) is 23.2 Å². The number of aliphatic carboxylic acids is 1. The molecule has 1 N–H and O–H groups in total. The van der Waals surface area contributed by atoms with Crippen LogP contribution >= 0.6 is 0 Å². The number of carbonyl (C=O) groups is 1. The number of hydrogen-bond acceptors (Lipinski definition) is 3. The van der Waals surface area contributed by atoms with Crippen molar-refractivity contribution >= 4 is 16.8 Å². The van der Waals surface area contributed by atoms with Gasteiger partial charge in [-0.2, -0.15) is 0 Å². The van der Waals surface area contributed by atoms with E-state index in [1.54, 1.807) is 13.8 Å². The highest BCUT2D eigenvalue weighted by Gasteiger charge is 2.27. The standard InChI is InChI=1S/C12H24O4S/c1-9(2)5-6-16-7-8-17(15)11(10(3)4)12(13)14/h9-11H,5-8H2,1-4H3,(H,13,14). The van der Waals surface area contributed by atoms with Crippen molar-refractivity contribution in [3.05, 3.63) is 0 Å². The Balaban J connectivity index is 3.88. The fourth-order valence-electron chi connectivity index (χ4n) is 1.39. The van der Waals surface area contributed by atoms with E-state index in [0.29, 0.717) is 24.9 Å². The van der Waals surface area contributed by atoms with Crippen LogP contribution in [0.1, 0.15) is 34.1 Å². The van der Waals surface area contributed by atoms with Crippen LogP contribution in [0.15, 0.2) is 0 Å². The molecule has 5 heteroatoms. The Labute approximate surface area is 106 Å². The van der Waals surface area contributed by atoms with Crippen LogP contribution in [-0.2, 0) is 20.3 Å². The van der Waals surface area contributed by atoms with Crippen LogP contribution in [0.4, 0.5) is 0 Å². The third-order valence-electron chi connectivity index (χ3n) is 2.40. The van der Waals surface area contributed by atoms with Gasteiger partial charge in [-0.25, -0.2) is 0 Å². The van der Waals surface area contributed by atoms with Crippen molar-refractivity contribution in [2.24, 2.45) is 11.8 Å². The molecule has 4 nitrogen and oxygen atoms in total. The Hall–Kier alpha value is -0.420. The Kier molecular flexibility index (Phi) is 8.43. The molecule has 0 saturated carbocycles. The fraction of sp³-hybridized carbons (Fsp3) is 0.917. The van der Waals surface area contributed by atoms with Gasteiger partial charge in [0.05, 0.1) is 6.61 Å². The van der Waals surface area contributed by atoms with E-state index in [-0.39, 0.29) is 5.92 Å². The molecular weight excluding hydrogens is 240 g/mol.